The van der Waals surface area contributed by atoms with Crippen molar-refractivity contribution in [1.82, 2.24) is 4.90 Å². The van der Waals surface area contributed by atoms with Gasteiger partial charge < -0.3 is 20.7 Å². The first-order valence-electron chi connectivity index (χ1n) is 12.1. The summed E-state index contributed by atoms with van der Waals surface area (Å²) in [6.45, 7) is 5.30. The van der Waals surface area contributed by atoms with Crippen molar-refractivity contribution in [2.75, 3.05) is 23.7 Å². The lowest BCUT2D eigenvalue weighted by atomic mass is 9.79. The maximum atomic E-state index is 11.3. The number of carbonyl (C=O) groups is 1. The summed E-state index contributed by atoms with van der Waals surface area (Å²) in [6.07, 6.45) is 4.49. The molecule has 4 N–H and O–H groups in total. The Labute approximate surface area is 207 Å². The van der Waals surface area contributed by atoms with E-state index >= 15 is 0 Å². The fourth-order valence-corrected chi connectivity index (χ4v) is 4.57. The largest absolute Gasteiger partial charge is 0.488 e. The monoisotopic (exact) mass is 469 g/mol. The number of nitrogens with one attached hydrogen (secondary N) is 2. The second kappa shape index (κ2) is 11.8. The minimum atomic E-state index is -1.62. The number of carbonyl (C=O) groups excluding carboxylic acids is 1. The van der Waals surface area contributed by atoms with Crippen molar-refractivity contribution in [1.29, 1.82) is 0 Å². The van der Waals surface area contributed by atoms with Crippen LogP contribution in [-0.4, -0.2) is 41.6 Å². The maximum absolute atomic E-state index is 11.3. The zero-order chi connectivity index (χ0) is 24.6. The van der Waals surface area contributed by atoms with Crippen LogP contribution in [0.3, 0.4) is 0 Å². The number of likely N-dealkylation sites (tertiary alicyclic amines) is 1. The van der Waals surface area contributed by atoms with E-state index in [1.54, 1.807) is 18.2 Å². The summed E-state index contributed by atoms with van der Waals surface area (Å²) in [5.74, 6) is 0. The summed E-state index contributed by atoms with van der Waals surface area (Å²) < 4.78 is 0. The fourth-order valence-electron chi connectivity index (χ4n) is 4.57. The first kappa shape index (κ1) is 24.7. The number of allylic oxidation sites excluding steroid dienone is 1. The predicted octanol–water partition coefficient (Wildman–Crippen LogP) is 3.92. The number of piperidine rings is 1. The molecule has 0 radical (unpaired) electrons. The molecule has 1 fully saturated rings. The number of benzene rings is 3. The van der Waals surface area contributed by atoms with Crippen LogP contribution in [-0.2, 0) is 11.3 Å². The normalized spacial score (nSPS) is 14.7. The Bertz CT molecular complexity index is 1160. The van der Waals surface area contributed by atoms with Gasteiger partial charge in [-0.15, -0.1) is 0 Å². The molecule has 0 saturated carbocycles. The van der Waals surface area contributed by atoms with E-state index in [1.165, 1.54) is 37.9 Å². The molecular formula is C28H32BN3O3. The highest BCUT2D eigenvalue weighted by molar-refractivity contribution is 6.58. The van der Waals surface area contributed by atoms with Crippen LogP contribution in [0.25, 0.3) is 11.3 Å². The Kier molecular flexibility index (Phi) is 8.37. The molecule has 6 nitrogen and oxygen atoms in total. The number of rotatable bonds is 9. The standard InChI is InChI=1S/C28H32BN3O3/c1-21(26-15-12-24(29(34)35)18-27(26)30-20-33)28(23-8-4-2-5-9-23)31-25-13-10-22(11-14-25)19-32-16-6-3-7-17-32/h2,4-5,8-15,18,20,31,34-35H,3,6-7,16-17,19H2,1H3,(H,30,33)/b28-21+. The summed E-state index contributed by atoms with van der Waals surface area (Å²) in [5, 5.41) is 25.4. The number of amides is 1. The van der Waals surface area contributed by atoms with Crippen molar-refractivity contribution < 1.29 is 14.8 Å². The smallest absolute Gasteiger partial charge is 0.423 e. The molecule has 1 aliphatic rings. The van der Waals surface area contributed by atoms with Gasteiger partial charge in [-0.3, -0.25) is 9.69 Å². The highest BCUT2D eigenvalue weighted by Gasteiger charge is 2.17. The van der Waals surface area contributed by atoms with E-state index in [1.807, 2.05) is 37.3 Å². The lowest BCUT2D eigenvalue weighted by Crippen LogP contribution is -2.30. The van der Waals surface area contributed by atoms with Crippen LogP contribution in [0.15, 0.2) is 72.8 Å². The molecule has 35 heavy (non-hydrogen) atoms. The van der Waals surface area contributed by atoms with Gasteiger partial charge in [0.1, 0.15) is 0 Å². The van der Waals surface area contributed by atoms with Gasteiger partial charge in [0.05, 0.1) is 0 Å². The van der Waals surface area contributed by atoms with Crippen molar-refractivity contribution in [2.45, 2.75) is 32.7 Å². The van der Waals surface area contributed by atoms with Gasteiger partial charge in [0.2, 0.25) is 6.41 Å². The van der Waals surface area contributed by atoms with Crippen LogP contribution in [0.2, 0.25) is 0 Å². The van der Waals surface area contributed by atoms with Crippen LogP contribution in [0.5, 0.6) is 0 Å². The van der Waals surface area contributed by atoms with E-state index in [0.29, 0.717) is 17.6 Å². The summed E-state index contributed by atoms with van der Waals surface area (Å²) in [4.78, 5) is 13.8. The lowest BCUT2D eigenvalue weighted by molar-refractivity contribution is -0.105. The first-order chi connectivity index (χ1) is 17.0. The Morgan fingerprint density at radius 3 is 2.34 bits per heavy atom. The number of hydrogen-bond donors (Lipinski definition) is 4. The minimum absolute atomic E-state index is 0.310. The molecule has 180 valence electrons. The molecule has 4 rings (SSSR count). The minimum Gasteiger partial charge on any atom is -0.423 e. The van der Waals surface area contributed by atoms with Crippen LogP contribution in [0.4, 0.5) is 11.4 Å². The van der Waals surface area contributed by atoms with Gasteiger partial charge >= 0.3 is 7.12 Å². The number of nitrogens with zero attached hydrogens (tertiary/aromatic N) is 1. The second-order valence-corrected chi connectivity index (χ2v) is 8.97. The van der Waals surface area contributed by atoms with E-state index in [0.717, 1.165) is 34.6 Å². The van der Waals surface area contributed by atoms with Crippen molar-refractivity contribution in [2.24, 2.45) is 0 Å². The van der Waals surface area contributed by atoms with Gasteiger partial charge in [-0.1, -0.05) is 61.0 Å². The van der Waals surface area contributed by atoms with Crippen molar-refractivity contribution in [3.05, 3.63) is 89.5 Å². The van der Waals surface area contributed by atoms with E-state index in [-0.39, 0.29) is 0 Å². The molecule has 7 heteroatoms. The van der Waals surface area contributed by atoms with Gasteiger partial charge in [0.25, 0.3) is 0 Å². The summed E-state index contributed by atoms with van der Waals surface area (Å²) in [6, 6.07) is 23.6. The molecule has 1 saturated heterocycles. The second-order valence-electron chi connectivity index (χ2n) is 8.97. The molecule has 0 atom stereocenters. The molecule has 1 amide bonds. The molecule has 0 bridgehead atoms. The summed E-state index contributed by atoms with van der Waals surface area (Å²) in [7, 11) is -1.62. The SMILES string of the molecule is C/C(=C(\Nc1ccc(CN2CCCCC2)cc1)c1ccccc1)c1ccc(B(O)O)cc1NC=O. The van der Waals surface area contributed by atoms with Gasteiger partial charge in [-0.2, -0.15) is 0 Å². The quantitative estimate of drug-likeness (QED) is 0.217. The van der Waals surface area contributed by atoms with Gasteiger partial charge in [-0.05, 0) is 73.2 Å². The molecule has 0 spiro atoms. The molecule has 0 aromatic heterocycles. The Morgan fingerprint density at radius 2 is 1.69 bits per heavy atom. The zero-order valence-electron chi connectivity index (χ0n) is 20.1. The highest BCUT2D eigenvalue weighted by Crippen LogP contribution is 2.31. The summed E-state index contributed by atoms with van der Waals surface area (Å²) >= 11 is 0. The molecule has 0 aliphatic carbocycles. The van der Waals surface area contributed by atoms with Crippen LogP contribution in [0.1, 0.15) is 42.9 Å². The Morgan fingerprint density at radius 1 is 0.971 bits per heavy atom. The number of anilines is 2. The van der Waals surface area contributed by atoms with E-state index in [4.69, 9.17) is 0 Å². The summed E-state index contributed by atoms with van der Waals surface area (Å²) in [5.41, 5.74) is 6.70. The third-order valence-electron chi connectivity index (χ3n) is 6.48. The fraction of sp³-hybridized carbons (Fsp3) is 0.250. The van der Waals surface area contributed by atoms with Crippen LogP contribution < -0.4 is 16.1 Å². The number of hydrogen-bond acceptors (Lipinski definition) is 5. The van der Waals surface area contributed by atoms with Gasteiger partial charge in [0, 0.05) is 29.2 Å². The lowest BCUT2D eigenvalue weighted by Gasteiger charge is -2.26. The van der Waals surface area contributed by atoms with Gasteiger partial charge in [-0.25, -0.2) is 0 Å². The van der Waals surface area contributed by atoms with Crippen LogP contribution in [0, 0.1) is 0 Å². The topological polar surface area (TPSA) is 84.8 Å². The molecule has 3 aromatic carbocycles. The third kappa shape index (κ3) is 6.39. The average molecular weight is 469 g/mol. The Balaban J connectivity index is 1.66. The van der Waals surface area contributed by atoms with E-state index in [9.17, 15) is 14.8 Å². The van der Waals surface area contributed by atoms with E-state index < -0.39 is 7.12 Å². The van der Waals surface area contributed by atoms with Crippen molar-refractivity contribution >= 4 is 41.6 Å². The molecule has 1 aliphatic heterocycles. The van der Waals surface area contributed by atoms with Crippen LogP contribution >= 0.6 is 0 Å². The van der Waals surface area contributed by atoms with Crippen molar-refractivity contribution in [3.8, 4) is 0 Å². The molecule has 0 unspecified atom stereocenters. The van der Waals surface area contributed by atoms with Gasteiger partial charge in [0.15, 0.2) is 0 Å². The molecule has 3 aromatic rings. The third-order valence-corrected chi connectivity index (χ3v) is 6.48. The maximum Gasteiger partial charge on any atom is 0.488 e. The highest BCUT2D eigenvalue weighted by atomic mass is 16.4. The first-order valence-corrected chi connectivity index (χ1v) is 12.1. The van der Waals surface area contributed by atoms with E-state index in [2.05, 4.69) is 39.8 Å². The predicted molar refractivity (Wildman–Crippen MR) is 144 cm³/mol. The molecule has 1 heterocycles. The Hall–Kier alpha value is -3.39. The zero-order valence-corrected chi connectivity index (χ0v) is 20.1. The van der Waals surface area contributed by atoms with Crippen molar-refractivity contribution in [3.63, 3.8) is 0 Å². The molecular weight excluding hydrogens is 437 g/mol. The average Bonchev–Trinajstić information content (AvgIpc) is 2.89.